The monoisotopic (exact) mass is 704 g/mol. The number of carbonyl (C=O) groups is 1. The molecule has 0 spiro atoms. The van der Waals surface area contributed by atoms with Gasteiger partial charge in [-0.2, -0.15) is 0 Å². The van der Waals surface area contributed by atoms with Crippen molar-refractivity contribution in [2.24, 2.45) is 5.92 Å². The van der Waals surface area contributed by atoms with E-state index in [4.69, 9.17) is 23.1 Å². The third kappa shape index (κ3) is 13.8. The van der Waals surface area contributed by atoms with Crippen molar-refractivity contribution in [2.45, 2.75) is 142 Å². The number of allylic oxidation sites excluding steroid dienone is 3. The molecule has 0 saturated carbocycles. The van der Waals surface area contributed by atoms with E-state index in [1.165, 1.54) is 0 Å². The number of carboxylic acids is 1. The van der Waals surface area contributed by atoms with Gasteiger partial charge in [0, 0.05) is 14.2 Å². The number of unbranched alkanes of at least 4 members (excludes halogenated alkanes) is 1. The zero-order valence-electron chi connectivity index (χ0n) is 32.4. The van der Waals surface area contributed by atoms with E-state index in [9.17, 15) is 9.90 Å². The molecule has 0 saturated heterocycles. The first-order chi connectivity index (χ1) is 22.5. The van der Waals surface area contributed by atoms with Gasteiger partial charge >= 0.3 is 5.97 Å². The Morgan fingerprint density at radius 2 is 1.56 bits per heavy atom. The largest absolute Gasteiger partial charge is 0.481 e. The van der Waals surface area contributed by atoms with Gasteiger partial charge in [0.1, 0.15) is 19.0 Å². The Labute approximate surface area is 295 Å². The van der Waals surface area contributed by atoms with Crippen LogP contribution >= 0.6 is 0 Å². The van der Waals surface area contributed by atoms with Crippen molar-refractivity contribution in [3.05, 3.63) is 71.3 Å². The second-order valence-electron chi connectivity index (χ2n) is 14.6. The Morgan fingerprint density at radius 1 is 0.958 bits per heavy atom. The second kappa shape index (κ2) is 21.4. The maximum atomic E-state index is 12.0. The lowest BCUT2D eigenvalue weighted by Gasteiger charge is -2.41. The quantitative estimate of drug-likeness (QED) is 0.0399. The average molecular weight is 705 g/mol. The van der Waals surface area contributed by atoms with Gasteiger partial charge in [0.05, 0.1) is 18.1 Å². The van der Waals surface area contributed by atoms with Gasteiger partial charge in [-0.15, -0.1) is 0 Å². The van der Waals surface area contributed by atoms with Crippen LogP contribution in [-0.4, -0.2) is 67.0 Å². The number of hydrogen-bond donors (Lipinski definition) is 1. The van der Waals surface area contributed by atoms with Crippen LogP contribution in [0.5, 0.6) is 0 Å². The molecule has 0 aliphatic carbocycles. The lowest BCUT2D eigenvalue weighted by Crippen LogP contribution is -2.44. The fourth-order valence-corrected chi connectivity index (χ4v) is 9.73. The molecule has 1 aromatic carbocycles. The Morgan fingerprint density at radius 3 is 2.06 bits per heavy atom. The molecule has 0 aliphatic heterocycles. The third-order valence-corrected chi connectivity index (χ3v) is 19.3. The van der Waals surface area contributed by atoms with Crippen molar-refractivity contribution < 1.29 is 33.0 Å². The molecule has 5 atom stereocenters. The van der Waals surface area contributed by atoms with E-state index in [2.05, 4.69) is 91.9 Å². The smallest absolute Gasteiger partial charge is 0.309 e. The van der Waals surface area contributed by atoms with Gasteiger partial charge in [-0.3, -0.25) is 4.79 Å². The number of aliphatic carboxylic acids is 1. The lowest BCUT2D eigenvalue weighted by atomic mass is 9.97. The van der Waals surface area contributed by atoms with E-state index < -0.39 is 34.6 Å². The Bertz CT molecular complexity index is 1140. The average Bonchev–Trinajstić information content (AvgIpc) is 3.05. The van der Waals surface area contributed by atoms with Gasteiger partial charge < -0.3 is 28.2 Å². The van der Waals surface area contributed by atoms with Crippen molar-refractivity contribution in [2.75, 3.05) is 21.0 Å². The molecule has 0 amide bonds. The van der Waals surface area contributed by atoms with E-state index in [0.29, 0.717) is 0 Å². The number of carboxylic acid groups (broad SMARTS) is 1. The predicted molar refractivity (Wildman–Crippen MR) is 204 cm³/mol. The van der Waals surface area contributed by atoms with Crippen LogP contribution in [0.25, 0.3) is 0 Å². The molecule has 0 fully saturated rings. The zero-order valence-corrected chi connectivity index (χ0v) is 34.4. The first kappa shape index (κ1) is 44.2. The standard InChI is InChI=1S/C39H68O7Si2/c1-14-48(15-2,16-3)46-36(32(6)38(40)41)31(5)23-20-21-27-34(43-11)30(4)24-22-28-35(44-29-42-10)37(33-25-18-17-19-26-33)45-47(12,13)39(7,8)9/h17-19,22-26,28,32,34-37H,14-16,20-21,27,29H2,1-13H3,(H,40,41)/b28-22+,30-24+,31-23+/t32-,34-,35-,36+,37-/m1/s1. The van der Waals surface area contributed by atoms with Gasteiger partial charge in [-0.25, -0.2) is 0 Å². The summed E-state index contributed by atoms with van der Waals surface area (Å²) in [6.07, 6.45) is 9.87. The Hall–Kier alpha value is -1.86. The molecule has 9 heteroatoms. The lowest BCUT2D eigenvalue weighted by molar-refractivity contribution is -0.143. The maximum absolute atomic E-state index is 12.0. The third-order valence-electron chi connectivity index (χ3n) is 10.2. The number of ether oxygens (including phenoxy) is 3. The molecule has 274 valence electrons. The summed E-state index contributed by atoms with van der Waals surface area (Å²) >= 11 is 0. The summed E-state index contributed by atoms with van der Waals surface area (Å²) in [6.45, 7) is 23.8. The Kier molecular flexibility index (Phi) is 19.7. The number of methoxy groups -OCH3 is 2. The fourth-order valence-electron chi connectivity index (χ4n) is 5.55. The summed E-state index contributed by atoms with van der Waals surface area (Å²) in [5.41, 5.74) is 3.20. The van der Waals surface area contributed by atoms with Gasteiger partial charge in [0.25, 0.3) is 0 Å². The van der Waals surface area contributed by atoms with Crippen LogP contribution in [0.2, 0.25) is 36.3 Å². The van der Waals surface area contributed by atoms with E-state index in [-0.39, 0.29) is 30.1 Å². The van der Waals surface area contributed by atoms with Crippen molar-refractivity contribution in [3.63, 3.8) is 0 Å². The first-order valence-electron chi connectivity index (χ1n) is 17.8. The van der Waals surface area contributed by atoms with Crippen molar-refractivity contribution >= 4 is 22.6 Å². The van der Waals surface area contributed by atoms with Crippen LogP contribution < -0.4 is 0 Å². The molecule has 1 aromatic rings. The van der Waals surface area contributed by atoms with Crippen LogP contribution in [0.15, 0.2) is 65.8 Å². The molecular weight excluding hydrogens is 637 g/mol. The second-order valence-corrected chi connectivity index (χ2v) is 24.0. The minimum atomic E-state index is -2.13. The molecular formula is C39H68O7Si2. The molecule has 7 nitrogen and oxygen atoms in total. The number of benzene rings is 1. The molecule has 0 aliphatic rings. The predicted octanol–water partition coefficient (Wildman–Crippen LogP) is 10.5. The topological polar surface area (TPSA) is 83.5 Å². The minimum absolute atomic E-state index is 0.0413. The molecule has 1 rings (SSSR count). The van der Waals surface area contributed by atoms with Crippen LogP contribution in [0.4, 0.5) is 0 Å². The van der Waals surface area contributed by atoms with Crippen LogP contribution in [-0.2, 0) is 27.9 Å². The molecule has 0 unspecified atom stereocenters. The number of hydrogen-bond acceptors (Lipinski definition) is 6. The summed E-state index contributed by atoms with van der Waals surface area (Å²) in [4.78, 5) is 12.0. The highest BCUT2D eigenvalue weighted by Gasteiger charge is 2.41. The highest BCUT2D eigenvalue weighted by Crippen LogP contribution is 2.41. The molecule has 0 heterocycles. The molecule has 1 N–H and O–H groups in total. The number of rotatable bonds is 23. The minimum Gasteiger partial charge on any atom is -0.481 e. The van der Waals surface area contributed by atoms with Gasteiger partial charge in [-0.05, 0) is 93.0 Å². The summed E-state index contributed by atoms with van der Waals surface area (Å²) < 4.78 is 31.1. The summed E-state index contributed by atoms with van der Waals surface area (Å²) in [7, 11) is -0.725. The summed E-state index contributed by atoms with van der Waals surface area (Å²) in [5.74, 6) is -1.41. The van der Waals surface area contributed by atoms with E-state index in [1.54, 1.807) is 21.1 Å². The van der Waals surface area contributed by atoms with Gasteiger partial charge in [-0.1, -0.05) is 96.2 Å². The normalized spacial score (nSPS) is 16.9. The van der Waals surface area contributed by atoms with E-state index >= 15 is 0 Å². The summed E-state index contributed by atoms with van der Waals surface area (Å²) in [6, 6.07) is 13.2. The first-order valence-corrected chi connectivity index (χ1v) is 23.2. The van der Waals surface area contributed by atoms with E-state index in [1.807, 2.05) is 31.2 Å². The molecule has 48 heavy (non-hydrogen) atoms. The van der Waals surface area contributed by atoms with Crippen molar-refractivity contribution in [1.29, 1.82) is 0 Å². The molecule has 0 radical (unpaired) electrons. The maximum Gasteiger partial charge on any atom is 0.309 e. The van der Waals surface area contributed by atoms with Crippen molar-refractivity contribution in [1.82, 2.24) is 0 Å². The van der Waals surface area contributed by atoms with Crippen LogP contribution in [0.1, 0.15) is 93.2 Å². The Balaban J connectivity index is 3.13. The van der Waals surface area contributed by atoms with Crippen LogP contribution in [0.3, 0.4) is 0 Å². The summed E-state index contributed by atoms with van der Waals surface area (Å²) in [5, 5.41) is 9.87. The van der Waals surface area contributed by atoms with Crippen LogP contribution in [0, 0.1) is 5.92 Å². The fraction of sp³-hybridized carbons (Fsp3) is 0.667. The van der Waals surface area contributed by atoms with Crippen molar-refractivity contribution in [3.8, 4) is 0 Å². The molecule has 0 bridgehead atoms. The molecule has 0 aromatic heterocycles. The van der Waals surface area contributed by atoms with E-state index in [0.717, 1.165) is 54.1 Å². The van der Waals surface area contributed by atoms with Gasteiger partial charge in [0.2, 0.25) is 0 Å². The zero-order chi connectivity index (χ0) is 36.5. The highest BCUT2D eigenvalue weighted by atomic mass is 28.4. The highest BCUT2D eigenvalue weighted by molar-refractivity contribution is 6.74. The van der Waals surface area contributed by atoms with Gasteiger partial charge in [0.15, 0.2) is 16.6 Å². The SMILES string of the molecule is CC[Si](CC)(CC)O[C@@H](/C(C)=C/CCC[C@@H](OC)/C(C)=C/C=C/[C@@H](OCOC)[C@H](O[Si](C)(C)C(C)(C)C)c1ccccc1)[C@@H](C)C(=O)O.